The summed E-state index contributed by atoms with van der Waals surface area (Å²) in [6, 6.07) is 6.05. The van der Waals surface area contributed by atoms with E-state index in [4.69, 9.17) is 9.26 Å². The predicted molar refractivity (Wildman–Crippen MR) is 53.2 cm³/mol. The van der Waals surface area contributed by atoms with E-state index in [1.807, 2.05) is 6.92 Å². The molecule has 0 aliphatic heterocycles. The lowest BCUT2D eigenvalue weighted by molar-refractivity contribution is 0.402. The number of hydrogen-bond donors (Lipinski definition) is 0. The van der Waals surface area contributed by atoms with Gasteiger partial charge in [-0.05, 0) is 19.1 Å². The quantitative estimate of drug-likeness (QED) is 0.759. The van der Waals surface area contributed by atoms with E-state index in [0.29, 0.717) is 17.1 Å². The Labute approximate surface area is 86.5 Å². The lowest BCUT2D eigenvalue weighted by atomic mass is 10.1. The molecule has 4 heteroatoms. The van der Waals surface area contributed by atoms with Crippen molar-refractivity contribution in [1.82, 2.24) is 5.16 Å². The number of ether oxygens (including phenoxy) is 1. The molecule has 0 amide bonds. The number of hydrogen-bond acceptors (Lipinski definition) is 3. The van der Waals surface area contributed by atoms with Gasteiger partial charge in [-0.25, -0.2) is 4.39 Å². The first-order valence-corrected chi connectivity index (χ1v) is 4.48. The Kier molecular flexibility index (Phi) is 2.41. The van der Waals surface area contributed by atoms with Gasteiger partial charge in [0.15, 0.2) is 5.76 Å². The van der Waals surface area contributed by atoms with Gasteiger partial charge in [0.1, 0.15) is 11.6 Å². The van der Waals surface area contributed by atoms with Gasteiger partial charge in [0.2, 0.25) is 0 Å². The summed E-state index contributed by atoms with van der Waals surface area (Å²) >= 11 is 0. The molecule has 1 aromatic carbocycles. The molecule has 2 rings (SSSR count). The third-order valence-electron chi connectivity index (χ3n) is 2.06. The van der Waals surface area contributed by atoms with Gasteiger partial charge in [-0.15, -0.1) is 0 Å². The SMILES string of the molecule is COc1cc(F)ccc1-c1cc(C)no1. The van der Waals surface area contributed by atoms with Gasteiger partial charge < -0.3 is 9.26 Å². The van der Waals surface area contributed by atoms with Crippen molar-refractivity contribution in [2.75, 3.05) is 7.11 Å². The summed E-state index contributed by atoms with van der Waals surface area (Å²) in [4.78, 5) is 0. The fourth-order valence-electron chi connectivity index (χ4n) is 1.36. The zero-order valence-electron chi connectivity index (χ0n) is 8.45. The van der Waals surface area contributed by atoms with Crippen molar-refractivity contribution in [3.63, 3.8) is 0 Å². The second-order valence-corrected chi connectivity index (χ2v) is 3.18. The number of halogens is 1. The Balaban J connectivity index is 2.52. The molecule has 0 saturated heterocycles. The zero-order chi connectivity index (χ0) is 10.8. The van der Waals surface area contributed by atoms with Crippen molar-refractivity contribution < 1.29 is 13.7 Å². The molecule has 78 valence electrons. The lowest BCUT2D eigenvalue weighted by Crippen LogP contribution is -1.88. The average Bonchev–Trinajstić information content (AvgIpc) is 2.64. The van der Waals surface area contributed by atoms with E-state index in [1.165, 1.54) is 19.2 Å². The van der Waals surface area contributed by atoms with Gasteiger partial charge in [0.25, 0.3) is 0 Å². The summed E-state index contributed by atoms with van der Waals surface area (Å²) in [5.41, 5.74) is 1.47. The molecule has 0 N–H and O–H groups in total. The average molecular weight is 207 g/mol. The van der Waals surface area contributed by atoms with Crippen LogP contribution in [0.4, 0.5) is 4.39 Å². The summed E-state index contributed by atoms with van der Waals surface area (Å²) in [5.74, 6) is 0.669. The van der Waals surface area contributed by atoms with Crippen LogP contribution in [0, 0.1) is 12.7 Å². The van der Waals surface area contributed by atoms with Crippen molar-refractivity contribution >= 4 is 0 Å². The number of benzene rings is 1. The number of methoxy groups -OCH3 is 1. The molecule has 3 nitrogen and oxygen atoms in total. The first-order chi connectivity index (χ1) is 7.20. The Morgan fingerprint density at radius 2 is 2.13 bits per heavy atom. The van der Waals surface area contributed by atoms with Crippen molar-refractivity contribution in [3.8, 4) is 17.1 Å². The minimum Gasteiger partial charge on any atom is -0.496 e. The first kappa shape index (κ1) is 9.71. The molecule has 1 aromatic heterocycles. The highest BCUT2D eigenvalue weighted by Crippen LogP contribution is 2.30. The fourth-order valence-corrected chi connectivity index (χ4v) is 1.36. The van der Waals surface area contributed by atoms with Crippen LogP contribution in [0.15, 0.2) is 28.8 Å². The Morgan fingerprint density at radius 3 is 2.73 bits per heavy atom. The van der Waals surface area contributed by atoms with E-state index in [1.54, 1.807) is 12.1 Å². The van der Waals surface area contributed by atoms with Crippen LogP contribution in [0.2, 0.25) is 0 Å². The van der Waals surface area contributed by atoms with E-state index in [9.17, 15) is 4.39 Å². The Morgan fingerprint density at radius 1 is 1.33 bits per heavy atom. The highest BCUT2D eigenvalue weighted by molar-refractivity contribution is 5.65. The molecule has 15 heavy (non-hydrogen) atoms. The molecular formula is C11H10FNO2. The van der Waals surface area contributed by atoms with E-state index >= 15 is 0 Å². The summed E-state index contributed by atoms with van der Waals surface area (Å²) in [6.45, 7) is 1.82. The summed E-state index contributed by atoms with van der Waals surface area (Å²) in [7, 11) is 1.49. The highest BCUT2D eigenvalue weighted by atomic mass is 19.1. The normalized spacial score (nSPS) is 10.3. The maximum absolute atomic E-state index is 12.9. The Bertz CT molecular complexity index is 479. The van der Waals surface area contributed by atoms with E-state index in [2.05, 4.69) is 5.16 Å². The van der Waals surface area contributed by atoms with Crippen LogP contribution in [0.25, 0.3) is 11.3 Å². The molecule has 0 unspecified atom stereocenters. The van der Waals surface area contributed by atoms with Gasteiger partial charge in [-0.2, -0.15) is 0 Å². The third kappa shape index (κ3) is 1.83. The summed E-state index contributed by atoms with van der Waals surface area (Å²) < 4.78 is 23.1. The van der Waals surface area contributed by atoms with E-state index in [-0.39, 0.29) is 5.82 Å². The molecule has 0 spiro atoms. The maximum Gasteiger partial charge on any atom is 0.170 e. The van der Waals surface area contributed by atoms with Crippen molar-refractivity contribution in [2.24, 2.45) is 0 Å². The van der Waals surface area contributed by atoms with E-state index in [0.717, 1.165) is 5.69 Å². The van der Waals surface area contributed by atoms with Crippen molar-refractivity contribution in [2.45, 2.75) is 6.92 Å². The predicted octanol–water partition coefficient (Wildman–Crippen LogP) is 2.80. The van der Waals surface area contributed by atoms with Crippen LogP contribution in [0.1, 0.15) is 5.69 Å². The maximum atomic E-state index is 12.9. The molecule has 2 aromatic rings. The van der Waals surface area contributed by atoms with Crippen LogP contribution >= 0.6 is 0 Å². The van der Waals surface area contributed by atoms with Gasteiger partial charge in [0, 0.05) is 12.1 Å². The molecule has 0 aliphatic rings. The lowest BCUT2D eigenvalue weighted by Gasteiger charge is -2.04. The van der Waals surface area contributed by atoms with Crippen molar-refractivity contribution in [1.29, 1.82) is 0 Å². The van der Waals surface area contributed by atoms with Crippen LogP contribution < -0.4 is 4.74 Å². The second-order valence-electron chi connectivity index (χ2n) is 3.18. The molecule has 0 radical (unpaired) electrons. The fraction of sp³-hybridized carbons (Fsp3) is 0.182. The second kappa shape index (κ2) is 3.73. The van der Waals surface area contributed by atoms with Crippen LogP contribution in [-0.4, -0.2) is 12.3 Å². The van der Waals surface area contributed by atoms with Crippen molar-refractivity contribution in [3.05, 3.63) is 35.8 Å². The zero-order valence-corrected chi connectivity index (χ0v) is 8.45. The molecule has 0 atom stereocenters. The minimum absolute atomic E-state index is 0.341. The monoisotopic (exact) mass is 207 g/mol. The van der Waals surface area contributed by atoms with Crippen LogP contribution in [0.5, 0.6) is 5.75 Å². The van der Waals surface area contributed by atoms with Crippen LogP contribution in [-0.2, 0) is 0 Å². The molecule has 0 aliphatic carbocycles. The van der Waals surface area contributed by atoms with Gasteiger partial charge in [-0.3, -0.25) is 0 Å². The third-order valence-corrected chi connectivity index (χ3v) is 2.06. The molecular weight excluding hydrogens is 197 g/mol. The van der Waals surface area contributed by atoms with Gasteiger partial charge in [-0.1, -0.05) is 5.16 Å². The van der Waals surface area contributed by atoms with Gasteiger partial charge >= 0.3 is 0 Å². The molecule has 0 saturated carbocycles. The summed E-state index contributed by atoms with van der Waals surface area (Å²) in [6.07, 6.45) is 0. The molecule has 1 heterocycles. The minimum atomic E-state index is -0.341. The first-order valence-electron chi connectivity index (χ1n) is 4.48. The van der Waals surface area contributed by atoms with E-state index < -0.39 is 0 Å². The Hall–Kier alpha value is -1.84. The topological polar surface area (TPSA) is 35.3 Å². The number of nitrogens with zero attached hydrogens (tertiary/aromatic N) is 1. The number of rotatable bonds is 2. The number of aryl methyl sites for hydroxylation is 1. The number of aromatic nitrogens is 1. The highest BCUT2D eigenvalue weighted by Gasteiger charge is 2.11. The standard InChI is InChI=1S/C11H10FNO2/c1-7-5-11(15-13-7)9-4-3-8(12)6-10(9)14-2/h3-6H,1-2H3. The molecule has 0 bridgehead atoms. The summed E-state index contributed by atoms with van der Waals surface area (Å²) in [5, 5.41) is 3.77. The van der Waals surface area contributed by atoms with Crippen LogP contribution in [0.3, 0.4) is 0 Å². The van der Waals surface area contributed by atoms with Gasteiger partial charge in [0.05, 0.1) is 18.4 Å². The smallest absolute Gasteiger partial charge is 0.170 e. The molecule has 0 fully saturated rings. The largest absolute Gasteiger partial charge is 0.496 e.